The van der Waals surface area contributed by atoms with E-state index >= 15 is 0 Å². The van der Waals surface area contributed by atoms with Crippen molar-refractivity contribution in [2.24, 2.45) is 0 Å². The molecule has 0 aromatic heterocycles. The summed E-state index contributed by atoms with van der Waals surface area (Å²) in [6, 6.07) is 11.9. The molecule has 0 bridgehead atoms. The first-order valence-corrected chi connectivity index (χ1v) is 9.89. The highest BCUT2D eigenvalue weighted by Crippen LogP contribution is 2.46. The lowest BCUT2D eigenvalue weighted by Crippen LogP contribution is -3.08. The molecule has 6 heteroatoms. The summed E-state index contributed by atoms with van der Waals surface area (Å²) in [7, 11) is 1.94. The molecule has 1 fully saturated rings. The molecule has 2 aromatic carbocycles. The number of anilines is 1. The van der Waals surface area contributed by atoms with Gasteiger partial charge in [0, 0.05) is 30.2 Å². The van der Waals surface area contributed by atoms with E-state index in [1.54, 1.807) is 12.1 Å². The fraction of sp³-hybridized carbons (Fsp3) is 0.409. The predicted octanol–water partition coefficient (Wildman–Crippen LogP) is 2.91. The molecule has 1 aliphatic carbocycles. The van der Waals surface area contributed by atoms with Crippen molar-refractivity contribution in [1.82, 2.24) is 0 Å². The van der Waals surface area contributed by atoms with Crippen molar-refractivity contribution in [3.63, 3.8) is 0 Å². The molecule has 4 rings (SSSR count). The Morgan fingerprint density at radius 3 is 2.54 bits per heavy atom. The summed E-state index contributed by atoms with van der Waals surface area (Å²) in [5.41, 5.74) is 1.70. The van der Waals surface area contributed by atoms with E-state index < -0.39 is 5.79 Å². The Hall–Kier alpha value is -2.60. The fourth-order valence-electron chi connectivity index (χ4n) is 3.96. The largest absolute Gasteiger partial charge is 0.448 e. The number of likely N-dealkylation sites (N-methyl/N-ethyl adjacent to an activating group) is 1. The molecule has 1 amide bonds. The van der Waals surface area contributed by atoms with Crippen molar-refractivity contribution in [1.29, 1.82) is 0 Å². The van der Waals surface area contributed by atoms with Gasteiger partial charge in [-0.1, -0.05) is 18.6 Å². The number of hydrogen-bond donors (Lipinski definition) is 2. The van der Waals surface area contributed by atoms with E-state index in [0.29, 0.717) is 24.5 Å². The molecule has 2 aliphatic rings. The number of halogens is 1. The average molecular weight is 385 g/mol. The second-order valence-corrected chi connectivity index (χ2v) is 7.82. The van der Waals surface area contributed by atoms with Gasteiger partial charge in [-0.15, -0.1) is 0 Å². The van der Waals surface area contributed by atoms with Gasteiger partial charge in [0.1, 0.15) is 12.4 Å². The Morgan fingerprint density at radius 1 is 1.07 bits per heavy atom. The summed E-state index contributed by atoms with van der Waals surface area (Å²) in [6.45, 7) is 0.965. The third-order valence-corrected chi connectivity index (χ3v) is 5.32. The minimum atomic E-state index is -0.511. The van der Waals surface area contributed by atoms with Gasteiger partial charge >= 0.3 is 0 Å². The number of carbonyl (C=O) groups is 1. The second kappa shape index (κ2) is 7.80. The van der Waals surface area contributed by atoms with Crippen molar-refractivity contribution in [2.75, 3.05) is 18.9 Å². The number of benzene rings is 2. The van der Waals surface area contributed by atoms with Gasteiger partial charge in [0.25, 0.3) is 11.7 Å². The molecule has 1 unspecified atom stereocenters. The first kappa shape index (κ1) is 18.7. The number of fused-ring (bicyclic) bond motifs is 1. The van der Waals surface area contributed by atoms with E-state index in [4.69, 9.17) is 9.47 Å². The number of quaternary nitrogens is 1. The normalized spacial score (nSPS) is 18.1. The molecule has 2 N–H and O–H groups in total. The molecule has 1 aliphatic heterocycles. The highest BCUT2D eigenvalue weighted by molar-refractivity contribution is 5.91. The predicted molar refractivity (Wildman–Crippen MR) is 104 cm³/mol. The van der Waals surface area contributed by atoms with Gasteiger partial charge in [0.15, 0.2) is 18.0 Å². The summed E-state index contributed by atoms with van der Waals surface area (Å²) < 4.78 is 25.2. The molecule has 1 saturated carbocycles. The maximum Gasteiger partial charge on any atom is 0.279 e. The smallest absolute Gasteiger partial charge is 0.279 e. The van der Waals surface area contributed by atoms with Crippen molar-refractivity contribution in [2.45, 2.75) is 44.4 Å². The van der Waals surface area contributed by atoms with Crippen LogP contribution < -0.4 is 19.7 Å². The van der Waals surface area contributed by atoms with E-state index in [1.165, 1.54) is 18.6 Å². The topological polar surface area (TPSA) is 52.0 Å². The fourth-order valence-corrected chi connectivity index (χ4v) is 3.96. The number of nitrogens with one attached hydrogen (secondary N) is 2. The average Bonchev–Trinajstić information content (AvgIpc) is 3.00. The summed E-state index contributed by atoms with van der Waals surface area (Å²) in [6.07, 6.45) is 5.25. The van der Waals surface area contributed by atoms with Crippen molar-refractivity contribution in [3.05, 3.63) is 53.8 Å². The Balaban J connectivity index is 1.33. The summed E-state index contributed by atoms with van der Waals surface area (Å²) >= 11 is 0. The van der Waals surface area contributed by atoms with Gasteiger partial charge in [-0.05, 0) is 37.1 Å². The first-order valence-electron chi connectivity index (χ1n) is 9.89. The molecule has 1 heterocycles. The Morgan fingerprint density at radius 2 is 1.79 bits per heavy atom. The van der Waals surface area contributed by atoms with Crippen molar-refractivity contribution >= 4 is 11.6 Å². The lowest BCUT2D eigenvalue weighted by Gasteiger charge is -2.31. The molecule has 0 radical (unpaired) electrons. The van der Waals surface area contributed by atoms with Crippen LogP contribution in [0.5, 0.6) is 11.5 Å². The first-order chi connectivity index (χ1) is 13.5. The highest BCUT2D eigenvalue weighted by atomic mass is 19.1. The second-order valence-electron chi connectivity index (χ2n) is 7.82. The Labute approximate surface area is 164 Å². The zero-order valence-corrected chi connectivity index (χ0v) is 16.1. The summed E-state index contributed by atoms with van der Waals surface area (Å²) in [4.78, 5) is 13.4. The minimum Gasteiger partial charge on any atom is -0.448 e. The molecule has 2 aromatic rings. The maximum absolute atomic E-state index is 13.0. The third kappa shape index (κ3) is 4.28. The van der Waals surface area contributed by atoms with E-state index in [9.17, 15) is 9.18 Å². The summed E-state index contributed by atoms with van der Waals surface area (Å²) in [5, 5.41) is 2.93. The standard InChI is InChI=1S/C22H25FN2O3/c1-25(14-16-5-7-17(23)8-6-16)15-21(26)24-18-9-10-19-20(13-18)28-22(27-19)11-3-2-4-12-22/h5-10,13H,2-4,11-12,14-15H2,1H3,(H,24,26)/p+1. The van der Waals surface area contributed by atoms with Crippen LogP contribution in [0.1, 0.15) is 37.7 Å². The van der Waals surface area contributed by atoms with E-state index in [0.717, 1.165) is 41.9 Å². The van der Waals surface area contributed by atoms with Gasteiger partial charge in [0.2, 0.25) is 0 Å². The number of amides is 1. The van der Waals surface area contributed by atoms with Crippen LogP contribution in [0.3, 0.4) is 0 Å². The van der Waals surface area contributed by atoms with E-state index in [2.05, 4.69) is 5.32 Å². The molecular formula is C22H26FN2O3+. The quantitative estimate of drug-likeness (QED) is 0.832. The van der Waals surface area contributed by atoms with Crippen LogP contribution in [0, 0.1) is 5.82 Å². The maximum atomic E-state index is 13.0. The van der Waals surface area contributed by atoms with Crippen LogP contribution in [0.25, 0.3) is 0 Å². The SMILES string of the molecule is C[NH+](CC(=O)Nc1ccc2c(c1)OC1(CCCCC1)O2)Cc1ccc(F)cc1. The number of carbonyl (C=O) groups excluding carboxylic acids is 1. The van der Waals surface area contributed by atoms with Crippen LogP contribution >= 0.6 is 0 Å². The lowest BCUT2D eigenvalue weighted by atomic mass is 9.94. The van der Waals surface area contributed by atoms with Crippen LogP contribution in [0.4, 0.5) is 10.1 Å². The van der Waals surface area contributed by atoms with Gasteiger partial charge in [0.05, 0.1) is 7.05 Å². The molecule has 0 saturated heterocycles. The van der Waals surface area contributed by atoms with Gasteiger partial charge in [-0.2, -0.15) is 0 Å². The molecule has 1 atom stereocenters. The van der Waals surface area contributed by atoms with E-state index in [1.807, 2.05) is 25.2 Å². The minimum absolute atomic E-state index is 0.0779. The monoisotopic (exact) mass is 385 g/mol. The van der Waals surface area contributed by atoms with Gasteiger partial charge < -0.3 is 19.7 Å². The molecule has 148 valence electrons. The van der Waals surface area contributed by atoms with Gasteiger partial charge in [-0.25, -0.2) is 4.39 Å². The van der Waals surface area contributed by atoms with Gasteiger partial charge in [-0.3, -0.25) is 4.79 Å². The van der Waals surface area contributed by atoms with Crippen LogP contribution in [0.15, 0.2) is 42.5 Å². The zero-order chi connectivity index (χ0) is 19.6. The van der Waals surface area contributed by atoms with Crippen LogP contribution in [-0.2, 0) is 11.3 Å². The molecular weight excluding hydrogens is 359 g/mol. The molecule has 1 spiro atoms. The Kier molecular flexibility index (Phi) is 5.22. The number of ether oxygens (including phenoxy) is 2. The summed E-state index contributed by atoms with van der Waals surface area (Å²) in [5.74, 6) is 0.608. The van der Waals surface area contributed by atoms with Crippen molar-refractivity contribution < 1.29 is 23.6 Å². The zero-order valence-electron chi connectivity index (χ0n) is 16.1. The van der Waals surface area contributed by atoms with E-state index in [-0.39, 0.29) is 11.7 Å². The van der Waals surface area contributed by atoms with Crippen LogP contribution in [0.2, 0.25) is 0 Å². The highest BCUT2D eigenvalue weighted by Gasteiger charge is 2.42. The number of hydrogen-bond acceptors (Lipinski definition) is 3. The molecule has 28 heavy (non-hydrogen) atoms. The lowest BCUT2D eigenvalue weighted by molar-refractivity contribution is -0.885. The van der Waals surface area contributed by atoms with Crippen molar-refractivity contribution in [3.8, 4) is 11.5 Å². The third-order valence-electron chi connectivity index (χ3n) is 5.32. The Bertz CT molecular complexity index is 847. The molecule has 5 nitrogen and oxygen atoms in total. The van der Waals surface area contributed by atoms with Crippen LogP contribution in [-0.4, -0.2) is 25.3 Å². The number of rotatable bonds is 5.